The van der Waals surface area contributed by atoms with Crippen molar-refractivity contribution in [3.63, 3.8) is 0 Å². The lowest BCUT2D eigenvalue weighted by Gasteiger charge is -2.21. The molecule has 1 aliphatic rings. The predicted molar refractivity (Wildman–Crippen MR) is 48.7 cm³/mol. The van der Waals surface area contributed by atoms with Gasteiger partial charge in [-0.05, 0) is 32.9 Å². The second-order valence-electron chi connectivity index (χ2n) is 3.94. The van der Waals surface area contributed by atoms with Crippen molar-refractivity contribution in [2.75, 3.05) is 27.2 Å². The smallest absolute Gasteiger partial charge is 0.00792 e. The van der Waals surface area contributed by atoms with Crippen LogP contribution in [0, 0.1) is 11.8 Å². The zero-order valence-electron chi connectivity index (χ0n) is 8.09. The second-order valence-corrected chi connectivity index (χ2v) is 3.94. The Balaban J connectivity index is 2.45. The van der Waals surface area contributed by atoms with Crippen LogP contribution in [0.2, 0.25) is 0 Å². The first-order chi connectivity index (χ1) is 5.15. The summed E-state index contributed by atoms with van der Waals surface area (Å²) in [5.74, 6) is 1.69. The van der Waals surface area contributed by atoms with E-state index in [1.807, 2.05) is 0 Å². The Labute approximate surface area is 70.0 Å². The molecule has 0 amide bonds. The first-order valence-corrected chi connectivity index (χ1v) is 4.51. The number of hydrogen-bond donors (Lipinski definition) is 1. The van der Waals surface area contributed by atoms with Crippen LogP contribution in [0.15, 0.2) is 0 Å². The lowest BCUT2D eigenvalue weighted by Crippen LogP contribution is -2.34. The van der Waals surface area contributed by atoms with Crippen LogP contribution in [-0.4, -0.2) is 38.1 Å². The zero-order chi connectivity index (χ0) is 8.43. The van der Waals surface area contributed by atoms with Gasteiger partial charge >= 0.3 is 0 Å². The molecular formula is C9H20N2. The highest BCUT2D eigenvalue weighted by molar-refractivity contribution is 4.85. The van der Waals surface area contributed by atoms with Crippen molar-refractivity contribution in [2.24, 2.45) is 11.8 Å². The van der Waals surface area contributed by atoms with Gasteiger partial charge < -0.3 is 10.2 Å². The molecule has 1 N–H and O–H groups in total. The average Bonchev–Trinajstić information content (AvgIpc) is 2.28. The van der Waals surface area contributed by atoms with E-state index < -0.39 is 0 Å². The van der Waals surface area contributed by atoms with Crippen LogP contribution in [0.25, 0.3) is 0 Å². The molecule has 0 radical (unpaired) electrons. The third-order valence-electron chi connectivity index (χ3n) is 2.95. The molecule has 3 unspecified atom stereocenters. The fourth-order valence-corrected chi connectivity index (χ4v) is 2.11. The van der Waals surface area contributed by atoms with Gasteiger partial charge in [-0.25, -0.2) is 0 Å². The van der Waals surface area contributed by atoms with E-state index in [1.165, 1.54) is 13.1 Å². The molecule has 2 heteroatoms. The second kappa shape index (κ2) is 3.55. The molecule has 66 valence electrons. The minimum absolute atomic E-state index is 0.662. The molecule has 1 rings (SSSR count). The Morgan fingerprint density at radius 3 is 2.45 bits per heavy atom. The highest BCUT2D eigenvalue weighted by atomic mass is 15.1. The van der Waals surface area contributed by atoms with Gasteiger partial charge in [0.15, 0.2) is 0 Å². The Kier molecular flexibility index (Phi) is 2.90. The molecule has 0 bridgehead atoms. The van der Waals surface area contributed by atoms with Crippen LogP contribution in [0.4, 0.5) is 0 Å². The summed E-state index contributed by atoms with van der Waals surface area (Å²) in [6, 6.07) is 0.662. The number of hydrogen-bond acceptors (Lipinski definition) is 2. The zero-order valence-corrected chi connectivity index (χ0v) is 8.09. The van der Waals surface area contributed by atoms with Crippen LogP contribution in [-0.2, 0) is 0 Å². The molecule has 11 heavy (non-hydrogen) atoms. The fourth-order valence-electron chi connectivity index (χ4n) is 2.11. The Hall–Kier alpha value is -0.0800. The van der Waals surface area contributed by atoms with E-state index in [2.05, 4.69) is 38.2 Å². The summed E-state index contributed by atoms with van der Waals surface area (Å²) in [4.78, 5) is 2.42. The number of rotatable bonds is 2. The predicted octanol–water partition coefficient (Wildman–Crippen LogP) is 0.792. The molecule has 1 heterocycles. The Morgan fingerprint density at radius 1 is 1.45 bits per heavy atom. The van der Waals surface area contributed by atoms with Gasteiger partial charge in [0.1, 0.15) is 0 Å². The molecule has 0 saturated carbocycles. The molecule has 0 aromatic rings. The number of likely N-dealkylation sites (tertiary alicyclic amines) is 1. The van der Waals surface area contributed by atoms with Crippen LogP contribution < -0.4 is 5.32 Å². The molecule has 0 aliphatic carbocycles. The molecule has 0 aromatic heterocycles. The van der Waals surface area contributed by atoms with Crippen molar-refractivity contribution in [1.82, 2.24) is 10.2 Å². The minimum atomic E-state index is 0.662. The maximum Gasteiger partial charge on any atom is 0.00792 e. The fraction of sp³-hybridized carbons (Fsp3) is 1.00. The molecule has 2 nitrogen and oxygen atoms in total. The maximum absolute atomic E-state index is 3.33. The van der Waals surface area contributed by atoms with E-state index in [1.54, 1.807) is 0 Å². The summed E-state index contributed by atoms with van der Waals surface area (Å²) in [7, 11) is 4.26. The summed E-state index contributed by atoms with van der Waals surface area (Å²) in [6.45, 7) is 7.14. The quantitative estimate of drug-likeness (QED) is 0.636. The first kappa shape index (κ1) is 9.01. The maximum atomic E-state index is 3.33. The van der Waals surface area contributed by atoms with Gasteiger partial charge in [0.05, 0.1) is 0 Å². The molecule has 3 atom stereocenters. The van der Waals surface area contributed by atoms with Crippen molar-refractivity contribution >= 4 is 0 Å². The van der Waals surface area contributed by atoms with E-state index in [9.17, 15) is 0 Å². The highest BCUT2D eigenvalue weighted by Gasteiger charge is 2.30. The molecule has 0 spiro atoms. The molecule has 1 saturated heterocycles. The van der Waals surface area contributed by atoms with Gasteiger partial charge in [-0.15, -0.1) is 0 Å². The van der Waals surface area contributed by atoms with Crippen LogP contribution in [0.5, 0.6) is 0 Å². The number of nitrogens with one attached hydrogen (secondary N) is 1. The van der Waals surface area contributed by atoms with Gasteiger partial charge in [-0.3, -0.25) is 0 Å². The highest BCUT2D eigenvalue weighted by Crippen LogP contribution is 2.24. The van der Waals surface area contributed by atoms with Gasteiger partial charge in [-0.1, -0.05) is 6.92 Å². The van der Waals surface area contributed by atoms with Crippen LogP contribution >= 0.6 is 0 Å². The molecule has 0 aromatic carbocycles. The van der Waals surface area contributed by atoms with Gasteiger partial charge in [-0.2, -0.15) is 0 Å². The van der Waals surface area contributed by atoms with Crippen molar-refractivity contribution in [1.29, 1.82) is 0 Å². The van der Waals surface area contributed by atoms with Gasteiger partial charge in [0.25, 0.3) is 0 Å². The SMILES string of the molecule is CNC(C)C1CN(C)CC1C. The monoisotopic (exact) mass is 156 g/mol. The van der Waals surface area contributed by atoms with Gasteiger partial charge in [0, 0.05) is 19.1 Å². The van der Waals surface area contributed by atoms with Crippen molar-refractivity contribution < 1.29 is 0 Å². The van der Waals surface area contributed by atoms with Gasteiger partial charge in [0.2, 0.25) is 0 Å². The number of nitrogens with zero attached hydrogens (tertiary/aromatic N) is 1. The molecule has 1 aliphatic heterocycles. The summed E-state index contributed by atoms with van der Waals surface area (Å²) in [5, 5.41) is 3.33. The normalized spacial score (nSPS) is 36.0. The van der Waals surface area contributed by atoms with Crippen LogP contribution in [0.3, 0.4) is 0 Å². The van der Waals surface area contributed by atoms with Crippen molar-refractivity contribution in [2.45, 2.75) is 19.9 Å². The van der Waals surface area contributed by atoms with E-state index in [4.69, 9.17) is 0 Å². The summed E-state index contributed by atoms with van der Waals surface area (Å²) in [5.41, 5.74) is 0. The Morgan fingerprint density at radius 2 is 2.09 bits per heavy atom. The minimum Gasteiger partial charge on any atom is -0.317 e. The lowest BCUT2D eigenvalue weighted by molar-refractivity contribution is 0.339. The Bertz CT molecular complexity index is 121. The van der Waals surface area contributed by atoms with Crippen LogP contribution in [0.1, 0.15) is 13.8 Å². The topological polar surface area (TPSA) is 15.3 Å². The van der Waals surface area contributed by atoms with Crippen molar-refractivity contribution in [3.8, 4) is 0 Å². The molecule has 1 fully saturated rings. The largest absolute Gasteiger partial charge is 0.317 e. The molecular weight excluding hydrogens is 136 g/mol. The van der Waals surface area contributed by atoms with E-state index >= 15 is 0 Å². The van der Waals surface area contributed by atoms with E-state index in [-0.39, 0.29) is 0 Å². The summed E-state index contributed by atoms with van der Waals surface area (Å²) < 4.78 is 0. The average molecular weight is 156 g/mol. The third kappa shape index (κ3) is 1.94. The first-order valence-electron chi connectivity index (χ1n) is 4.51. The summed E-state index contributed by atoms with van der Waals surface area (Å²) >= 11 is 0. The van der Waals surface area contributed by atoms with E-state index in [0.717, 1.165) is 11.8 Å². The standard InChI is InChI=1S/C9H20N2/c1-7-5-11(4)6-9(7)8(2)10-3/h7-10H,5-6H2,1-4H3. The lowest BCUT2D eigenvalue weighted by atomic mass is 9.92. The van der Waals surface area contributed by atoms with Crippen molar-refractivity contribution in [3.05, 3.63) is 0 Å². The third-order valence-corrected chi connectivity index (χ3v) is 2.95. The summed E-state index contributed by atoms with van der Waals surface area (Å²) in [6.07, 6.45) is 0. The van der Waals surface area contributed by atoms with E-state index in [0.29, 0.717) is 6.04 Å².